The molecule has 0 radical (unpaired) electrons. The minimum Gasteiger partial charge on any atom is -0.497 e. The SMILES string of the molecule is COc1cc(F)c(-c2ccccc2N)c(F)c1. The Kier molecular flexibility index (Phi) is 2.95. The van der Waals surface area contributed by atoms with E-state index in [0.717, 1.165) is 12.1 Å². The maximum Gasteiger partial charge on any atom is 0.137 e. The largest absolute Gasteiger partial charge is 0.497 e. The Labute approximate surface area is 97.6 Å². The van der Waals surface area contributed by atoms with Crippen LogP contribution in [-0.2, 0) is 0 Å². The van der Waals surface area contributed by atoms with Crippen molar-refractivity contribution in [2.75, 3.05) is 12.8 Å². The highest BCUT2D eigenvalue weighted by atomic mass is 19.1. The van der Waals surface area contributed by atoms with Crippen molar-refractivity contribution in [3.05, 3.63) is 48.0 Å². The molecule has 2 aromatic rings. The molecule has 0 aliphatic carbocycles. The third-order valence-electron chi connectivity index (χ3n) is 2.48. The van der Waals surface area contributed by atoms with Crippen LogP contribution in [0.1, 0.15) is 0 Å². The maximum atomic E-state index is 13.8. The number of nitrogens with two attached hydrogens (primary N) is 1. The Hall–Kier alpha value is -2.10. The van der Waals surface area contributed by atoms with E-state index < -0.39 is 11.6 Å². The number of ether oxygens (including phenoxy) is 1. The first-order valence-electron chi connectivity index (χ1n) is 5.01. The lowest BCUT2D eigenvalue weighted by Gasteiger charge is -2.09. The van der Waals surface area contributed by atoms with Crippen molar-refractivity contribution < 1.29 is 13.5 Å². The Morgan fingerprint density at radius 3 is 2.18 bits per heavy atom. The van der Waals surface area contributed by atoms with E-state index in [1.807, 2.05) is 0 Å². The van der Waals surface area contributed by atoms with E-state index in [1.165, 1.54) is 7.11 Å². The van der Waals surface area contributed by atoms with Crippen LogP contribution in [0.5, 0.6) is 5.75 Å². The number of hydrogen-bond donors (Lipinski definition) is 1. The van der Waals surface area contributed by atoms with E-state index >= 15 is 0 Å². The van der Waals surface area contributed by atoms with E-state index in [4.69, 9.17) is 10.5 Å². The summed E-state index contributed by atoms with van der Waals surface area (Å²) >= 11 is 0. The number of rotatable bonds is 2. The zero-order valence-electron chi connectivity index (χ0n) is 9.21. The van der Waals surface area contributed by atoms with Gasteiger partial charge in [0.2, 0.25) is 0 Å². The second-order valence-electron chi connectivity index (χ2n) is 3.55. The summed E-state index contributed by atoms with van der Waals surface area (Å²) in [6.07, 6.45) is 0. The monoisotopic (exact) mass is 235 g/mol. The van der Waals surface area contributed by atoms with Crippen LogP contribution in [0.4, 0.5) is 14.5 Å². The van der Waals surface area contributed by atoms with Crippen LogP contribution in [0.15, 0.2) is 36.4 Å². The van der Waals surface area contributed by atoms with Gasteiger partial charge < -0.3 is 10.5 Å². The second-order valence-corrected chi connectivity index (χ2v) is 3.55. The molecule has 0 saturated heterocycles. The van der Waals surface area contributed by atoms with Gasteiger partial charge in [0.15, 0.2) is 0 Å². The van der Waals surface area contributed by atoms with E-state index in [-0.39, 0.29) is 11.3 Å². The van der Waals surface area contributed by atoms with Gasteiger partial charge in [-0.15, -0.1) is 0 Å². The summed E-state index contributed by atoms with van der Waals surface area (Å²) in [6.45, 7) is 0. The summed E-state index contributed by atoms with van der Waals surface area (Å²) in [5.74, 6) is -1.25. The molecule has 0 saturated carbocycles. The van der Waals surface area contributed by atoms with E-state index in [1.54, 1.807) is 24.3 Å². The number of halogens is 2. The van der Waals surface area contributed by atoms with Crippen molar-refractivity contribution in [2.24, 2.45) is 0 Å². The first-order valence-corrected chi connectivity index (χ1v) is 5.01. The first kappa shape index (κ1) is 11.4. The fourth-order valence-electron chi connectivity index (χ4n) is 1.65. The van der Waals surface area contributed by atoms with Crippen LogP contribution < -0.4 is 10.5 Å². The van der Waals surface area contributed by atoms with Gasteiger partial charge in [-0.3, -0.25) is 0 Å². The Morgan fingerprint density at radius 1 is 1.06 bits per heavy atom. The van der Waals surface area contributed by atoms with Crippen LogP contribution >= 0.6 is 0 Å². The molecular formula is C13H11F2NO. The van der Waals surface area contributed by atoms with Crippen molar-refractivity contribution >= 4 is 5.69 Å². The number of nitrogen functional groups attached to an aromatic ring is 1. The van der Waals surface area contributed by atoms with Crippen molar-refractivity contribution in [1.29, 1.82) is 0 Å². The Bertz CT molecular complexity index is 532. The Balaban J connectivity index is 2.64. The molecule has 2 nitrogen and oxygen atoms in total. The van der Waals surface area contributed by atoms with E-state index in [9.17, 15) is 8.78 Å². The molecule has 2 N–H and O–H groups in total. The molecular weight excluding hydrogens is 224 g/mol. The molecule has 0 atom stereocenters. The van der Waals surface area contributed by atoms with Gasteiger partial charge in [0.1, 0.15) is 17.4 Å². The standard InChI is InChI=1S/C13H11F2NO/c1-17-8-6-10(14)13(11(15)7-8)9-4-2-3-5-12(9)16/h2-7H,16H2,1H3. The van der Waals surface area contributed by atoms with Gasteiger partial charge in [-0.05, 0) is 6.07 Å². The lowest BCUT2D eigenvalue weighted by molar-refractivity contribution is 0.407. The molecule has 0 unspecified atom stereocenters. The molecule has 0 aliphatic rings. The normalized spacial score (nSPS) is 10.3. The molecule has 2 rings (SSSR count). The summed E-state index contributed by atoms with van der Waals surface area (Å²) in [6, 6.07) is 8.81. The van der Waals surface area contributed by atoms with Gasteiger partial charge in [0.25, 0.3) is 0 Å². The summed E-state index contributed by atoms with van der Waals surface area (Å²) in [5, 5.41) is 0. The molecule has 0 bridgehead atoms. The highest BCUT2D eigenvalue weighted by Crippen LogP contribution is 2.32. The van der Waals surface area contributed by atoms with Crippen molar-refractivity contribution in [2.45, 2.75) is 0 Å². The summed E-state index contributed by atoms with van der Waals surface area (Å²) in [5.41, 5.74) is 6.23. The minimum absolute atomic E-state index is 0.135. The highest BCUT2D eigenvalue weighted by Gasteiger charge is 2.15. The van der Waals surface area contributed by atoms with Gasteiger partial charge in [-0.25, -0.2) is 8.78 Å². The predicted octanol–water partition coefficient (Wildman–Crippen LogP) is 3.22. The average molecular weight is 235 g/mol. The molecule has 2 aromatic carbocycles. The minimum atomic E-state index is -0.695. The third-order valence-corrected chi connectivity index (χ3v) is 2.48. The predicted molar refractivity (Wildman–Crippen MR) is 62.8 cm³/mol. The van der Waals surface area contributed by atoms with Crippen molar-refractivity contribution in [1.82, 2.24) is 0 Å². The van der Waals surface area contributed by atoms with Crippen molar-refractivity contribution in [3.63, 3.8) is 0 Å². The second kappa shape index (κ2) is 4.41. The van der Waals surface area contributed by atoms with Gasteiger partial charge >= 0.3 is 0 Å². The maximum absolute atomic E-state index is 13.8. The van der Waals surface area contributed by atoms with Gasteiger partial charge in [-0.2, -0.15) is 0 Å². The van der Waals surface area contributed by atoms with Gasteiger partial charge in [0, 0.05) is 23.4 Å². The lowest BCUT2D eigenvalue weighted by Crippen LogP contribution is -1.96. The average Bonchev–Trinajstić information content (AvgIpc) is 2.30. The molecule has 17 heavy (non-hydrogen) atoms. The van der Waals surface area contributed by atoms with Gasteiger partial charge in [-0.1, -0.05) is 18.2 Å². The number of anilines is 1. The summed E-state index contributed by atoms with van der Waals surface area (Å²) < 4.78 is 32.4. The third kappa shape index (κ3) is 2.06. The number of benzene rings is 2. The number of para-hydroxylation sites is 1. The molecule has 0 amide bonds. The molecule has 0 aromatic heterocycles. The summed E-state index contributed by atoms with van der Waals surface area (Å²) in [7, 11) is 1.35. The zero-order chi connectivity index (χ0) is 12.4. The van der Waals surface area contributed by atoms with Crippen LogP contribution in [0.3, 0.4) is 0 Å². The molecule has 0 heterocycles. The fourth-order valence-corrected chi connectivity index (χ4v) is 1.65. The van der Waals surface area contributed by atoms with Crippen LogP contribution in [0.25, 0.3) is 11.1 Å². The number of hydrogen-bond acceptors (Lipinski definition) is 2. The molecule has 0 fully saturated rings. The zero-order valence-corrected chi connectivity index (χ0v) is 9.21. The molecule has 0 spiro atoms. The topological polar surface area (TPSA) is 35.2 Å². The summed E-state index contributed by atoms with van der Waals surface area (Å²) in [4.78, 5) is 0. The van der Waals surface area contributed by atoms with Crippen LogP contribution in [0, 0.1) is 11.6 Å². The smallest absolute Gasteiger partial charge is 0.137 e. The molecule has 4 heteroatoms. The van der Waals surface area contributed by atoms with Crippen LogP contribution in [0.2, 0.25) is 0 Å². The van der Waals surface area contributed by atoms with Gasteiger partial charge in [0.05, 0.1) is 12.7 Å². The number of methoxy groups -OCH3 is 1. The van der Waals surface area contributed by atoms with E-state index in [0.29, 0.717) is 11.3 Å². The Morgan fingerprint density at radius 2 is 1.65 bits per heavy atom. The van der Waals surface area contributed by atoms with E-state index in [2.05, 4.69) is 0 Å². The van der Waals surface area contributed by atoms with Crippen LogP contribution in [-0.4, -0.2) is 7.11 Å². The first-order chi connectivity index (χ1) is 8.13. The molecule has 88 valence electrons. The quantitative estimate of drug-likeness (QED) is 0.811. The molecule has 0 aliphatic heterocycles. The fraction of sp³-hybridized carbons (Fsp3) is 0.0769. The highest BCUT2D eigenvalue weighted by molar-refractivity contribution is 5.77. The lowest BCUT2D eigenvalue weighted by atomic mass is 10.0. The van der Waals surface area contributed by atoms with Crippen molar-refractivity contribution in [3.8, 4) is 16.9 Å².